The van der Waals surface area contributed by atoms with Gasteiger partial charge in [-0.05, 0) is 18.8 Å². The smallest absolute Gasteiger partial charge is 0.330 e. The van der Waals surface area contributed by atoms with Gasteiger partial charge in [0.2, 0.25) is 0 Å². The first-order chi connectivity index (χ1) is 9.42. The fourth-order valence-electron chi connectivity index (χ4n) is 2.35. The van der Waals surface area contributed by atoms with Gasteiger partial charge in [-0.15, -0.1) is 0 Å². The lowest BCUT2D eigenvalue weighted by atomic mass is 9.89. The molecule has 1 saturated carbocycles. The van der Waals surface area contributed by atoms with Crippen LogP contribution in [0.1, 0.15) is 26.7 Å². The maximum absolute atomic E-state index is 11.9. The number of anilines is 2. The van der Waals surface area contributed by atoms with Gasteiger partial charge in [-0.2, -0.15) is 0 Å². The average molecular weight is 282 g/mol. The Morgan fingerprint density at radius 2 is 2.10 bits per heavy atom. The zero-order valence-corrected chi connectivity index (χ0v) is 12.1. The van der Waals surface area contributed by atoms with Gasteiger partial charge < -0.3 is 15.8 Å². The highest BCUT2D eigenvalue weighted by Gasteiger charge is 2.30. The molecule has 0 bridgehead atoms. The number of methoxy groups -OCH3 is 1. The molecule has 20 heavy (non-hydrogen) atoms. The van der Waals surface area contributed by atoms with Gasteiger partial charge in [-0.3, -0.25) is 14.3 Å². The average Bonchev–Trinajstić information content (AvgIpc) is 2.31. The van der Waals surface area contributed by atoms with Crippen LogP contribution in [0.25, 0.3) is 0 Å². The lowest BCUT2D eigenvalue weighted by Gasteiger charge is -2.35. The molecule has 1 aliphatic carbocycles. The summed E-state index contributed by atoms with van der Waals surface area (Å²) in [7, 11) is 1.67. The molecule has 1 aromatic rings. The van der Waals surface area contributed by atoms with Gasteiger partial charge in [0.25, 0.3) is 5.56 Å². The molecule has 1 fully saturated rings. The first kappa shape index (κ1) is 14.6. The molecule has 7 heteroatoms. The van der Waals surface area contributed by atoms with Crippen molar-refractivity contribution in [2.75, 3.05) is 18.2 Å². The molecule has 1 heterocycles. The van der Waals surface area contributed by atoms with Crippen LogP contribution in [-0.2, 0) is 11.3 Å². The second kappa shape index (κ2) is 5.70. The van der Waals surface area contributed by atoms with Gasteiger partial charge in [0.05, 0.1) is 6.10 Å². The molecule has 4 N–H and O–H groups in total. The first-order valence-electron chi connectivity index (χ1n) is 6.84. The molecule has 0 aromatic carbocycles. The van der Waals surface area contributed by atoms with Gasteiger partial charge >= 0.3 is 5.69 Å². The third-order valence-corrected chi connectivity index (χ3v) is 3.56. The predicted molar refractivity (Wildman–Crippen MR) is 78.0 cm³/mol. The number of rotatable bonds is 5. The Hall–Kier alpha value is -1.76. The third-order valence-electron chi connectivity index (χ3n) is 3.56. The van der Waals surface area contributed by atoms with Crippen LogP contribution in [0.15, 0.2) is 9.59 Å². The highest BCUT2D eigenvalue weighted by molar-refractivity contribution is 5.61. The minimum Gasteiger partial charge on any atom is -0.383 e. The molecule has 7 nitrogen and oxygen atoms in total. The summed E-state index contributed by atoms with van der Waals surface area (Å²) < 4.78 is 6.60. The minimum atomic E-state index is -0.464. The zero-order valence-electron chi connectivity index (χ0n) is 12.1. The van der Waals surface area contributed by atoms with Crippen molar-refractivity contribution in [2.24, 2.45) is 5.92 Å². The topological polar surface area (TPSA) is 102 Å². The predicted octanol–water partition coefficient (Wildman–Crippen LogP) is 0.364. The van der Waals surface area contributed by atoms with E-state index in [-0.39, 0.29) is 29.6 Å². The van der Waals surface area contributed by atoms with Crippen molar-refractivity contribution in [1.82, 2.24) is 9.55 Å². The maximum Gasteiger partial charge on any atom is 0.330 e. The van der Waals surface area contributed by atoms with E-state index in [1.54, 1.807) is 7.11 Å². The van der Waals surface area contributed by atoms with Crippen molar-refractivity contribution in [1.29, 1.82) is 0 Å². The van der Waals surface area contributed by atoms with Crippen LogP contribution in [-0.4, -0.2) is 28.8 Å². The van der Waals surface area contributed by atoms with Crippen LogP contribution >= 0.6 is 0 Å². The van der Waals surface area contributed by atoms with E-state index in [4.69, 9.17) is 10.5 Å². The number of nitrogens with one attached hydrogen (secondary N) is 2. The summed E-state index contributed by atoms with van der Waals surface area (Å²) >= 11 is 0. The Kier molecular flexibility index (Phi) is 4.17. The quantitative estimate of drug-likeness (QED) is 0.724. The number of hydrogen-bond donors (Lipinski definition) is 3. The van der Waals surface area contributed by atoms with Crippen LogP contribution in [0.5, 0.6) is 0 Å². The summed E-state index contributed by atoms with van der Waals surface area (Å²) in [5.74, 6) is 0.462. The minimum absolute atomic E-state index is 0.161. The van der Waals surface area contributed by atoms with Gasteiger partial charge in [-0.25, -0.2) is 4.79 Å². The Morgan fingerprint density at radius 3 is 2.65 bits per heavy atom. The number of nitrogens with zero attached hydrogens (tertiary/aromatic N) is 1. The van der Waals surface area contributed by atoms with Crippen LogP contribution < -0.4 is 22.3 Å². The van der Waals surface area contributed by atoms with Crippen molar-refractivity contribution < 1.29 is 4.74 Å². The number of H-pyrrole nitrogens is 1. The number of nitrogen functional groups attached to an aromatic ring is 1. The number of hydrogen-bond acceptors (Lipinski definition) is 5. The fourth-order valence-corrected chi connectivity index (χ4v) is 2.35. The maximum atomic E-state index is 11.9. The second-order valence-electron chi connectivity index (χ2n) is 5.69. The number of ether oxygens (including phenoxy) is 1. The van der Waals surface area contributed by atoms with Crippen LogP contribution in [0, 0.1) is 5.92 Å². The van der Waals surface area contributed by atoms with Gasteiger partial charge in [0, 0.05) is 19.7 Å². The summed E-state index contributed by atoms with van der Waals surface area (Å²) in [6, 6.07) is 0.161. The van der Waals surface area contributed by atoms with Crippen LogP contribution in [0.2, 0.25) is 0 Å². The van der Waals surface area contributed by atoms with Crippen molar-refractivity contribution in [3.63, 3.8) is 0 Å². The Balaban J connectivity index is 2.24. The van der Waals surface area contributed by atoms with Gasteiger partial charge in [0.15, 0.2) is 0 Å². The standard InChI is InChI=1S/C13H22N4O3/c1-7(2)6-17-11(14)10(12(18)16-13(17)19)15-8-4-9(5-8)20-3/h7-9,15H,4-6,14H2,1-3H3,(H,16,18,19). The van der Waals surface area contributed by atoms with E-state index in [0.717, 1.165) is 12.8 Å². The summed E-state index contributed by atoms with van der Waals surface area (Å²) in [6.45, 7) is 4.44. The van der Waals surface area contributed by atoms with E-state index in [2.05, 4.69) is 10.3 Å². The molecule has 0 radical (unpaired) electrons. The molecule has 0 unspecified atom stereocenters. The summed E-state index contributed by atoms with van der Waals surface area (Å²) in [6.07, 6.45) is 1.89. The van der Waals surface area contributed by atoms with Crippen molar-refractivity contribution >= 4 is 11.5 Å². The van der Waals surface area contributed by atoms with E-state index >= 15 is 0 Å². The Bertz CT molecular complexity index is 584. The second-order valence-corrected chi connectivity index (χ2v) is 5.69. The molecule has 0 saturated heterocycles. The van der Waals surface area contributed by atoms with E-state index < -0.39 is 11.2 Å². The largest absolute Gasteiger partial charge is 0.383 e. The van der Waals surface area contributed by atoms with Crippen LogP contribution in [0.3, 0.4) is 0 Å². The Labute approximate surface area is 117 Å². The SMILES string of the molecule is COC1CC(Nc2c(N)n(CC(C)C)c(=O)[nH]c2=O)C1. The number of nitrogens with two attached hydrogens (primary N) is 1. The highest BCUT2D eigenvalue weighted by atomic mass is 16.5. The monoisotopic (exact) mass is 282 g/mol. The zero-order chi connectivity index (χ0) is 14.9. The normalized spacial score (nSPS) is 21.8. The molecule has 0 aliphatic heterocycles. The van der Waals surface area contributed by atoms with E-state index in [9.17, 15) is 9.59 Å². The molecule has 1 aromatic heterocycles. The summed E-state index contributed by atoms with van der Waals surface area (Å²) in [5, 5.41) is 3.11. The fraction of sp³-hybridized carbons (Fsp3) is 0.692. The lowest BCUT2D eigenvalue weighted by molar-refractivity contribution is 0.0328. The van der Waals surface area contributed by atoms with E-state index in [1.165, 1.54) is 4.57 Å². The summed E-state index contributed by atoms with van der Waals surface area (Å²) in [5.41, 5.74) is 5.33. The van der Waals surface area contributed by atoms with Gasteiger partial charge in [-0.1, -0.05) is 13.8 Å². The van der Waals surface area contributed by atoms with Crippen molar-refractivity contribution in [3.05, 3.63) is 20.8 Å². The molecular weight excluding hydrogens is 260 g/mol. The molecule has 0 spiro atoms. The molecule has 2 rings (SSSR count). The number of aromatic nitrogens is 2. The van der Waals surface area contributed by atoms with Crippen molar-refractivity contribution in [3.8, 4) is 0 Å². The summed E-state index contributed by atoms with van der Waals surface area (Å²) in [4.78, 5) is 26.0. The molecular formula is C13H22N4O3. The van der Waals surface area contributed by atoms with Crippen LogP contribution in [0.4, 0.5) is 11.5 Å². The molecule has 0 atom stereocenters. The lowest BCUT2D eigenvalue weighted by Crippen LogP contribution is -2.43. The first-order valence-corrected chi connectivity index (χ1v) is 6.84. The van der Waals surface area contributed by atoms with E-state index in [1.807, 2.05) is 13.8 Å². The van der Waals surface area contributed by atoms with Gasteiger partial charge in [0.1, 0.15) is 11.5 Å². The highest BCUT2D eigenvalue weighted by Crippen LogP contribution is 2.26. The molecule has 1 aliphatic rings. The van der Waals surface area contributed by atoms with E-state index in [0.29, 0.717) is 6.54 Å². The Morgan fingerprint density at radius 1 is 1.45 bits per heavy atom. The number of aromatic amines is 1. The van der Waals surface area contributed by atoms with Crippen molar-refractivity contribution in [2.45, 2.75) is 45.4 Å². The third kappa shape index (κ3) is 2.87. The molecule has 0 amide bonds. The molecule has 112 valence electrons.